The van der Waals surface area contributed by atoms with Crippen LogP contribution in [0.3, 0.4) is 0 Å². The highest BCUT2D eigenvalue weighted by Gasteiger charge is 2.19. The molecule has 1 N–H and O–H groups in total. The van der Waals surface area contributed by atoms with Gasteiger partial charge in [-0.2, -0.15) is 0 Å². The number of pyridine rings is 1. The largest absolute Gasteiger partial charge is 0.486 e. The van der Waals surface area contributed by atoms with Crippen LogP contribution in [0.15, 0.2) is 54.6 Å². The molecule has 2 aromatic carbocycles. The first kappa shape index (κ1) is 19.6. The SMILES string of the molecule is CCOC(=O)c1cccc(Nc2ccc(-c3cccc4c3OCCO4)nc2OC)c1. The van der Waals surface area contributed by atoms with Crippen LogP contribution in [0.2, 0.25) is 0 Å². The smallest absolute Gasteiger partial charge is 0.338 e. The second-order valence-corrected chi connectivity index (χ2v) is 6.51. The Morgan fingerprint density at radius 2 is 1.93 bits per heavy atom. The van der Waals surface area contributed by atoms with E-state index in [9.17, 15) is 4.79 Å². The van der Waals surface area contributed by atoms with E-state index in [2.05, 4.69) is 10.3 Å². The molecule has 7 nitrogen and oxygen atoms in total. The Balaban J connectivity index is 1.63. The number of aromatic nitrogens is 1. The molecule has 0 fully saturated rings. The van der Waals surface area contributed by atoms with Crippen molar-refractivity contribution in [2.45, 2.75) is 6.92 Å². The molecule has 0 aliphatic carbocycles. The second-order valence-electron chi connectivity index (χ2n) is 6.51. The van der Waals surface area contributed by atoms with Crippen LogP contribution in [0.5, 0.6) is 17.4 Å². The first-order chi connectivity index (χ1) is 14.7. The van der Waals surface area contributed by atoms with Gasteiger partial charge in [0, 0.05) is 11.3 Å². The van der Waals surface area contributed by atoms with Crippen LogP contribution in [0, 0.1) is 0 Å². The number of anilines is 2. The Morgan fingerprint density at radius 3 is 2.77 bits per heavy atom. The molecular formula is C23H22N2O5. The number of nitrogens with zero attached hydrogens (tertiary/aromatic N) is 1. The van der Waals surface area contributed by atoms with E-state index in [1.54, 1.807) is 32.2 Å². The van der Waals surface area contributed by atoms with Gasteiger partial charge >= 0.3 is 5.97 Å². The Morgan fingerprint density at radius 1 is 1.10 bits per heavy atom. The minimum Gasteiger partial charge on any atom is -0.486 e. The zero-order valence-electron chi connectivity index (χ0n) is 16.8. The average molecular weight is 406 g/mol. The van der Waals surface area contributed by atoms with Crippen molar-refractivity contribution in [2.24, 2.45) is 0 Å². The van der Waals surface area contributed by atoms with Crippen molar-refractivity contribution < 1.29 is 23.7 Å². The maximum absolute atomic E-state index is 12.0. The Bertz CT molecular complexity index is 1070. The fourth-order valence-electron chi connectivity index (χ4n) is 3.21. The van der Waals surface area contributed by atoms with Gasteiger partial charge in [-0.05, 0) is 49.4 Å². The fraction of sp³-hybridized carbons (Fsp3) is 0.217. The summed E-state index contributed by atoms with van der Waals surface area (Å²) < 4.78 is 22.0. The molecule has 0 saturated heterocycles. The molecule has 154 valence electrons. The van der Waals surface area contributed by atoms with Crippen LogP contribution in [-0.2, 0) is 4.74 Å². The standard InChI is InChI=1S/C23H22N2O5/c1-3-28-23(26)15-6-4-7-16(14-15)24-19-11-10-18(25-22(19)27-2)17-8-5-9-20-21(17)30-13-12-29-20/h4-11,14,24H,3,12-13H2,1-2H3. The van der Waals surface area contributed by atoms with Gasteiger partial charge in [0.05, 0.1) is 25.0 Å². The van der Waals surface area contributed by atoms with Crippen LogP contribution in [-0.4, -0.2) is 37.9 Å². The number of benzene rings is 2. The van der Waals surface area contributed by atoms with E-state index < -0.39 is 0 Å². The molecule has 0 spiro atoms. The minimum atomic E-state index is -0.363. The van der Waals surface area contributed by atoms with Gasteiger partial charge in [-0.25, -0.2) is 9.78 Å². The lowest BCUT2D eigenvalue weighted by atomic mass is 10.1. The molecule has 30 heavy (non-hydrogen) atoms. The molecule has 0 radical (unpaired) electrons. The third-order valence-corrected chi connectivity index (χ3v) is 4.55. The van der Waals surface area contributed by atoms with Gasteiger partial charge < -0.3 is 24.3 Å². The Hall–Kier alpha value is -3.74. The van der Waals surface area contributed by atoms with Crippen LogP contribution < -0.4 is 19.5 Å². The van der Waals surface area contributed by atoms with E-state index in [4.69, 9.17) is 18.9 Å². The molecule has 0 saturated carbocycles. The van der Waals surface area contributed by atoms with E-state index in [1.807, 2.05) is 36.4 Å². The summed E-state index contributed by atoms with van der Waals surface area (Å²) in [6, 6.07) is 16.6. The number of esters is 1. The summed E-state index contributed by atoms with van der Waals surface area (Å²) >= 11 is 0. The van der Waals surface area contributed by atoms with Crippen molar-refractivity contribution in [1.29, 1.82) is 0 Å². The van der Waals surface area contributed by atoms with E-state index >= 15 is 0 Å². The van der Waals surface area contributed by atoms with Crippen molar-refractivity contribution in [1.82, 2.24) is 4.98 Å². The lowest BCUT2D eigenvalue weighted by Gasteiger charge is -2.21. The van der Waals surface area contributed by atoms with Crippen LogP contribution in [0.4, 0.5) is 11.4 Å². The van der Waals surface area contributed by atoms with E-state index in [0.717, 1.165) is 11.3 Å². The fourth-order valence-corrected chi connectivity index (χ4v) is 3.21. The topological polar surface area (TPSA) is 78.9 Å². The monoisotopic (exact) mass is 406 g/mol. The molecule has 1 aromatic heterocycles. The molecule has 3 aromatic rings. The van der Waals surface area contributed by atoms with Gasteiger partial charge in [0.25, 0.3) is 0 Å². The van der Waals surface area contributed by atoms with Crippen molar-refractivity contribution in [2.75, 3.05) is 32.2 Å². The molecule has 0 bridgehead atoms. The number of nitrogens with one attached hydrogen (secondary N) is 1. The second kappa shape index (κ2) is 8.73. The van der Waals surface area contributed by atoms with Gasteiger partial charge in [0.15, 0.2) is 11.5 Å². The van der Waals surface area contributed by atoms with Crippen molar-refractivity contribution in [3.63, 3.8) is 0 Å². The molecule has 0 unspecified atom stereocenters. The number of hydrogen-bond acceptors (Lipinski definition) is 7. The van der Waals surface area contributed by atoms with Crippen LogP contribution in [0.1, 0.15) is 17.3 Å². The van der Waals surface area contributed by atoms with Crippen molar-refractivity contribution in [3.05, 3.63) is 60.2 Å². The summed E-state index contributed by atoms with van der Waals surface area (Å²) in [5, 5.41) is 3.25. The average Bonchev–Trinajstić information content (AvgIpc) is 2.79. The molecule has 1 aliphatic heterocycles. The number of hydrogen-bond donors (Lipinski definition) is 1. The van der Waals surface area contributed by atoms with Gasteiger partial charge in [-0.3, -0.25) is 0 Å². The van der Waals surface area contributed by atoms with Gasteiger partial charge in [-0.1, -0.05) is 12.1 Å². The predicted molar refractivity (Wildman–Crippen MR) is 113 cm³/mol. The van der Waals surface area contributed by atoms with Crippen LogP contribution in [0.25, 0.3) is 11.3 Å². The first-order valence-corrected chi connectivity index (χ1v) is 9.68. The first-order valence-electron chi connectivity index (χ1n) is 9.68. The highest BCUT2D eigenvalue weighted by molar-refractivity contribution is 5.90. The summed E-state index contributed by atoms with van der Waals surface area (Å²) in [7, 11) is 1.56. The highest BCUT2D eigenvalue weighted by Crippen LogP contribution is 2.40. The third-order valence-electron chi connectivity index (χ3n) is 4.55. The normalized spacial score (nSPS) is 12.2. The summed E-state index contributed by atoms with van der Waals surface area (Å²) in [6.45, 7) is 3.13. The number of methoxy groups -OCH3 is 1. The van der Waals surface area contributed by atoms with Crippen molar-refractivity contribution in [3.8, 4) is 28.6 Å². The zero-order chi connectivity index (χ0) is 20.9. The van der Waals surface area contributed by atoms with Gasteiger partial charge in [0.2, 0.25) is 5.88 Å². The highest BCUT2D eigenvalue weighted by atomic mass is 16.6. The summed E-state index contributed by atoms with van der Waals surface area (Å²) in [4.78, 5) is 16.6. The lowest BCUT2D eigenvalue weighted by molar-refractivity contribution is 0.0526. The summed E-state index contributed by atoms with van der Waals surface area (Å²) in [5.41, 5.74) is 3.41. The van der Waals surface area contributed by atoms with E-state index in [0.29, 0.717) is 54.1 Å². The molecule has 2 heterocycles. The zero-order valence-corrected chi connectivity index (χ0v) is 16.8. The van der Waals surface area contributed by atoms with E-state index in [-0.39, 0.29) is 5.97 Å². The predicted octanol–water partition coefficient (Wildman–Crippen LogP) is 4.45. The maximum atomic E-state index is 12.0. The molecule has 0 amide bonds. The quantitative estimate of drug-likeness (QED) is 0.606. The molecule has 4 rings (SSSR count). The number of carbonyl (C=O) groups is 1. The lowest BCUT2D eigenvalue weighted by Crippen LogP contribution is -2.16. The number of rotatable bonds is 6. The van der Waals surface area contributed by atoms with Gasteiger partial charge in [0.1, 0.15) is 18.9 Å². The summed E-state index contributed by atoms with van der Waals surface area (Å²) in [6.07, 6.45) is 0. The van der Waals surface area contributed by atoms with Gasteiger partial charge in [-0.15, -0.1) is 0 Å². The molecule has 0 atom stereocenters. The van der Waals surface area contributed by atoms with Crippen molar-refractivity contribution >= 4 is 17.3 Å². The molecular weight excluding hydrogens is 384 g/mol. The summed E-state index contributed by atoms with van der Waals surface area (Å²) in [5.74, 6) is 1.44. The number of para-hydroxylation sites is 1. The Kier molecular flexibility index (Phi) is 5.70. The number of ether oxygens (including phenoxy) is 4. The molecule has 1 aliphatic rings. The third kappa shape index (κ3) is 4.00. The number of carbonyl (C=O) groups excluding carboxylic acids is 1. The molecule has 7 heteroatoms. The number of fused-ring (bicyclic) bond motifs is 1. The van der Waals surface area contributed by atoms with Crippen LogP contribution >= 0.6 is 0 Å². The maximum Gasteiger partial charge on any atom is 0.338 e. The Labute approximate surface area is 174 Å². The minimum absolute atomic E-state index is 0.327. The van der Waals surface area contributed by atoms with E-state index in [1.165, 1.54) is 0 Å².